The van der Waals surface area contributed by atoms with Crippen molar-refractivity contribution in [3.8, 4) is 52.1 Å². The van der Waals surface area contributed by atoms with Crippen LogP contribution in [0.2, 0.25) is 5.02 Å². The molecule has 44 heteroatoms. The summed E-state index contributed by atoms with van der Waals surface area (Å²) < 4.78 is 193. The number of alkyl halides is 9. The smallest absolute Gasteiger partial charge is 0.423 e. The van der Waals surface area contributed by atoms with Crippen molar-refractivity contribution < 1.29 is 120 Å². The minimum Gasteiger partial charge on any atom is -0.495 e. The molecule has 0 unspecified atom stereocenters. The largest absolute Gasteiger partial charge is 0.495 e. The zero-order valence-electron chi connectivity index (χ0n) is 69.1. The van der Waals surface area contributed by atoms with Gasteiger partial charge < -0.3 is 99.8 Å². The Kier molecular flexibility index (Phi) is 28.6. The highest BCUT2D eigenvalue weighted by atomic mass is 35.5. The maximum atomic E-state index is 14.9. The SMILES string of the molecule is COc1cc(C(=O)NCCN(C)C)c(F)cc1Nc1ncc(C(F)(F)F)c(Oc2cccc3c2C(=O)N(C)C3)n1.COc1cc(C(=O)NC[C@H](O)CO)c(F)cc1Nc1ncc(C(F)(F)F)c(Oc2cccc3c2C(=O)N(C)C3)n1.COc1cc(C(=O)N[C@@H]2CCN(C)C[C@@H]2OC)c(Cl)cc1Nc1ncc(C(F)(F)F)c(Oc2cccc3c2C(=O)N(C)C3(C)C)n1. The summed E-state index contributed by atoms with van der Waals surface area (Å²) >= 11 is 6.51. The van der Waals surface area contributed by atoms with E-state index in [0.717, 1.165) is 30.8 Å². The number of aromatic nitrogens is 6. The van der Waals surface area contributed by atoms with Gasteiger partial charge in [0.25, 0.3) is 35.4 Å². The molecule has 0 spiro atoms. The Morgan fingerprint density at radius 3 is 1.40 bits per heavy atom. The predicted molar refractivity (Wildman–Crippen MR) is 432 cm³/mol. The number of carbonyl (C=O) groups excluding carboxylic acids is 6. The van der Waals surface area contributed by atoms with Crippen LogP contribution in [0.4, 0.5) is 83.2 Å². The average molecular weight is 1790 g/mol. The van der Waals surface area contributed by atoms with Crippen molar-refractivity contribution in [1.82, 2.24) is 70.4 Å². The van der Waals surface area contributed by atoms with Crippen LogP contribution < -0.4 is 60.3 Å². The highest BCUT2D eigenvalue weighted by Crippen LogP contribution is 2.47. The van der Waals surface area contributed by atoms with Crippen LogP contribution in [-0.4, -0.2) is 228 Å². The lowest BCUT2D eigenvalue weighted by atomic mass is 9.94. The Morgan fingerprint density at radius 2 is 0.984 bits per heavy atom. The van der Waals surface area contributed by atoms with Crippen LogP contribution >= 0.6 is 11.6 Å². The molecule has 6 aromatic carbocycles. The van der Waals surface area contributed by atoms with E-state index in [1.807, 2.05) is 39.9 Å². The maximum Gasteiger partial charge on any atom is 0.423 e. The third kappa shape index (κ3) is 21.1. The zero-order chi connectivity index (χ0) is 91.9. The van der Waals surface area contributed by atoms with Gasteiger partial charge in [-0.3, -0.25) is 28.8 Å². The third-order valence-corrected chi connectivity index (χ3v) is 20.6. The van der Waals surface area contributed by atoms with Crippen molar-refractivity contribution in [2.45, 2.75) is 75.7 Å². The predicted octanol–water partition coefficient (Wildman–Crippen LogP) is 12.4. The number of anilines is 6. The first kappa shape index (κ1) is 93.6. The molecule has 0 radical (unpaired) electrons. The van der Waals surface area contributed by atoms with Crippen LogP contribution in [-0.2, 0) is 41.9 Å². The molecule has 8 N–H and O–H groups in total. The minimum atomic E-state index is -4.91. The average Bonchev–Trinajstić information content (AvgIpc) is 1.59. The topological polar surface area (TPSA) is 373 Å². The fourth-order valence-corrected chi connectivity index (χ4v) is 13.6. The number of amides is 6. The number of nitrogens with one attached hydrogen (secondary N) is 6. The van der Waals surface area contributed by atoms with Crippen molar-refractivity contribution in [2.75, 3.05) is 126 Å². The molecule has 32 nitrogen and oxygen atoms in total. The van der Waals surface area contributed by atoms with E-state index in [-0.39, 0.29) is 135 Å². The standard InChI is InChI=1S/C31H34ClF3N6O5.C26H26F4N6O4.C25H23F4N5O6/c1-30(2)17-8-7-9-22(25(17)28(43)41(30)4)46-27-18(31(33,34)35)14-36-29(39-27)38-21-13-19(32)16(12-23(21)44-5)26(42)37-20-10-11-40(3)15-24(20)45-6;1-35(2)9-8-31-22(37)15-10-20(39-4)18(11-17(15)27)33-25-32-12-16(26(28,29)30)23(34-25)40-19-7-5-6-14-13-36(3)24(38)21(14)19;1-34-10-12-4-3-5-18(20(12)23(34)38)40-22-15(25(27,28)29)9-31-24(33-22)32-17-7-16(26)14(6-19(17)39-2)21(37)30-8-13(36)11-35/h7-9,12-14,20,24H,10-11,15H2,1-6H3,(H,37,42)(H,36,38,39);5-7,10-12H,8-9,13H2,1-4H3,(H,31,37)(H,32,33,34);3-7,9,13,35-36H,8,10-11H2,1-2H3,(H,30,37)(H,31,32,33)/t20-,24+;;13-/m1.0/s1. The Hall–Kier alpha value is -13.1. The number of aliphatic hydroxyl groups is 2. The lowest BCUT2D eigenvalue weighted by Gasteiger charge is -2.36. The van der Waals surface area contributed by atoms with E-state index in [0.29, 0.717) is 54.8 Å². The number of likely N-dealkylation sites (N-methyl/N-ethyl adjacent to an activating group) is 2. The molecule has 4 aliphatic rings. The lowest BCUT2D eigenvalue weighted by Crippen LogP contribution is -2.53. The Bertz CT molecular complexity index is 5640. The van der Waals surface area contributed by atoms with E-state index in [1.165, 1.54) is 72.4 Å². The number of halogens is 12. The number of carbonyl (C=O) groups is 6. The van der Waals surface area contributed by atoms with Gasteiger partial charge in [0.05, 0.1) is 107 Å². The quantitative estimate of drug-likeness (QED) is 0.0233. The van der Waals surface area contributed by atoms with Gasteiger partial charge in [0, 0.05) is 98.2 Å². The molecule has 0 bridgehead atoms. The van der Waals surface area contributed by atoms with Crippen LogP contribution in [0.1, 0.15) is 116 Å². The Morgan fingerprint density at radius 1 is 0.571 bits per heavy atom. The molecule has 7 heterocycles. The van der Waals surface area contributed by atoms with Crippen molar-refractivity contribution in [3.63, 3.8) is 0 Å². The molecule has 9 aromatic rings. The van der Waals surface area contributed by atoms with Crippen molar-refractivity contribution in [1.29, 1.82) is 0 Å². The van der Waals surface area contributed by atoms with Gasteiger partial charge in [-0.15, -0.1) is 0 Å². The molecule has 0 saturated carbocycles. The van der Waals surface area contributed by atoms with Gasteiger partial charge >= 0.3 is 18.5 Å². The van der Waals surface area contributed by atoms with Gasteiger partial charge in [-0.2, -0.15) is 54.5 Å². The second-order valence-electron chi connectivity index (χ2n) is 29.5. The van der Waals surface area contributed by atoms with E-state index in [4.69, 9.17) is 49.9 Å². The van der Waals surface area contributed by atoms with Gasteiger partial charge in [0.1, 0.15) is 62.8 Å². The summed E-state index contributed by atoms with van der Waals surface area (Å²) in [6.45, 7) is 5.48. The van der Waals surface area contributed by atoms with Crippen molar-refractivity contribution in [2.24, 2.45) is 0 Å². The molecule has 4 aliphatic heterocycles. The molecule has 126 heavy (non-hydrogen) atoms. The number of benzene rings is 6. The highest BCUT2D eigenvalue weighted by molar-refractivity contribution is 6.34. The van der Waals surface area contributed by atoms with E-state index in [1.54, 1.807) is 58.6 Å². The van der Waals surface area contributed by atoms with Crippen LogP contribution in [0.15, 0.2) is 110 Å². The van der Waals surface area contributed by atoms with Gasteiger partial charge in [-0.05, 0) is 107 Å². The first-order valence-corrected chi connectivity index (χ1v) is 38.3. The number of piperidine rings is 1. The fraction of sp³-hybridized carbons (Fsp3) is 0.341. The maximum absolute atomic E-state index is 14.9. The number of rotatable bonds is 26. The zero-order valence-corrected chi connectivity index (χ0v) is 69.9. The van der Waals surface area contributed by atoms with Gasteiger partial charge in [-0.1, -0.05) is 48.0 Å². The van der Waals surface area contributed by atoms with Crippen LogP contribution in [0.3, 0.4) is 0 Å². The van der Waals surface area contributed by atoms with E-state index < -0.39 is 130 Å². The number of hydrogen-bond acceptors (Lipinski definition) is 26. The summed E-state index contributed by atoms with van der Waals surface area (Å²) in [5.41, 5.74) is -2.99. The van der Waals surface area contributed by atoms with Gasteiger partial charge in [-0.25, -0.2) is 23.7 Å². The van der Waals surface area contributed by atoms with E-state index in [2.05, 4.69) is 66.7 Å². The van der Waals surface area contributed by atoms with Crippen molar-refractivity contribution in [3.05, 3.63) is 193 Å². The minimum absolute atomic E-state index is 0.0136. The highest BCUT2D eigenvalue weighted by Gasteiger charge is 2.45. The number of ether oxygens (including phenoxy) is 7. The monoisotopic (exact) mass is 1790 g/mol. The summed E-state index contributed by atoms with van der Waals surface area (Å²) in [5, 5.41) is 34.1. The van der Waals surface area contributed by atoms with Crippen molar-refractivity contribution >= 4 is 82.0 Å². The molecular weight excluding hydrogens is 1710 g/mol. The molecule has 3 atom stereocenters. The third-order valence-electron chi connectivity index (χ3n) is 20.3. The fourth-order valence-electron chi connectivity index (χ4n) is 13.4. The number of nitrogens with zero attached hydrogens (tertiary/aromatic N) is 11. The molecule has 3 aromatic heterocycles. The number of fused-ring (bicyclic) bond motifs is 3. The molecular formula is C82H83ClF11N17O15. The van der Waals surface area contributed by atoms with Gasteiger partial charge in [0.2, 0.25) is 35.5 Å². The Labute approximate surface area is 716 Å². The Balaban J connectivity index is 0.000000184. The first-order chi connectivity index (χ1) is 59.5. The summed E-state index contributed by atoms with van der Waals surface area (Å²) in [6.07, 6.45) is -13.9. The summed E-state index contributed by atoms with van der Waals surface area (Å²) in [7, 11) is 15.8. The van der Waals surface area contributed by atoms with Crippen LogP contribution in [0.25, 0.3) is 0 Å². The van der Waals surface area contributed by atoms with Crippen LogP contribution in [0, 0.1) is 11.6 Å². The second-order valence-corrected chi connectivity index (χ2v) is 29.9. The van der Waals surface area contributed by atoms with Gasteiger partial charge in [0.15, 0.2) is 0 Å². The molecule has 0 aliphatic carbocycles. The number of methoxy groups -OCH3 is 4. The molecule has 670 valence electrons. The van der Waals surface area contributed by atoms with Crippen LogP contribution in [0.5, 0.6) is 52.1 Å². The van der Waals surface area contributed by atoms with E-state index in [9.17, 15) is 82.2 Å². The number of aliphatic hydroxyl groups excluding tert-OH is 2. The van der Waals surface area contributed by atoms with E-state index >= 15 is 0 Å². The lowest BCUT2D eigenvalue weighted by molar-refractivity contribution is -0.140. The summed E-state index contributed by atoms with van der Waals surface area (Å²) in [6, 6.07) is 20.4. The molecule has 6 amide bonds. The molecule has 1 saturated heterocycles. The molecule has 1 fully saturated rings. The second kappa shape index (κ2) is 38.6. The molecule has 13 rings (SSSR count). The summed E-state index contributed by atoms with van der Waals surface area (Å²) in [5.74, 6) is -9.08. The summed E-state index contributed by atoms with van der Waals surface area (Å²) in [4.78, 5) is 107. The number of hydrogen-bond donors (Lipinski definition) is 8. The first-order valence-electron chi connectivity index (χ1n) is 38.0. The number of likely N-dealkylation sites (tertiary alicyclic amines) is 1. The normalized spacial score (nSPS) is 15.5.